The van der Waals surface area contributed by atoms with E-state index in [0.717, 1.165) is 44.2 Å². The molecule has 1 atom stereocenters. The Labute approximate surface area is 191 Å². The minimum absolute atomic E-state index is 0.0563. The number of hydrogen-bond donors (Lipinski definition) is 0. The van der Waals surface area contributed by atoms with Crippen LogP contribution in [-0.4, -0.2) is 0 Å². The summed E-state index contributed by atoms with van der Waals surface area (Å²) in [7, 11) is 0. The molecule has 4 rings (SSSR count). The maximum Gasteiger partial charge on any atom is 0.144 e. The van der Waals surface area contributed by atoms with Gasteiger partial charge in [-0.3, -0.25) is 0 Å². The van der Waals surface area contributed by atoms with E-state index in [1.807, 2.05) is 6.07 Å². The molecule has 0 amide bonds. The van der Waals surface area contributed by atoms with Crippen molar-refractivity contribution in [2.45, 2.75) is 50.9 Å². The van der Waals surface area contributed by atoms with Crippen molar-refractivity contribution in [2.24, 2.45) is 5.92 Å². The summed E-state index contributed by atoms with van der Waals surface area (Å²) in [5.41, 5.74) is 0.401. The van der Waals surface area contributed by atoms with Crippen LogP contribution in [0.15, 0.2) is 54.6 Å². The van der Waals surface area contributed by atoms with E-state index >= 15 is 0 Å². The molecule has 0 saturated heterocycles. The van der Waals surface area contributed by atoms with E-state index in [9.17, 15) is 17.6 Å². The van der Waals surface area contributed by atoms with Crippen LogP contribution in [-0.2, 0) is 0 Å². The van der Waals surface area contributed by atoms with Gasteiger partial charge >= 0.3 is 0 Å². The van der Waals surface area contributed by atoms with Crippen LogP contribution in [0.25, 0.3) is 11.1 Å². The molecule has 0 bridgehead atoms. The third-order valence-electron chi connectivity index (χ3n) is 6.88. The van der Waals surface area contributed by atoms with Gasteiger partial charge in [-0.15, -0.1) is 0 Å². The van der Waals surface area contributed by atoms with Crippen molar-refractivity contribution in [3.63, 3.8) is 0 Å². The van der Waals surface area contributed by atoms with Crippen molar-refractivity contribution >= 4 is 0 Å². The van der Waals surface area contributed by atoms with E-state index in [0.29, 0.717) is 17.4 Å². The summed E-state index contributed by atoms with van der Waals surface area (Å²) in [5, 5.41) is 8.80. The van der Waals surface area contributed by atoms with Crippen LogP contribution in [0, 0.1) is 40.5 Å². The maximum absolute atomic E-state index is 14.9. The SMILES string of the molecule is C[C@H](CC1CCC(c2cc(F)c(-c3cc(F)c(C#N)c(F)c3)c(F)c2)CC1)c1ccccc1. The molecule has 0 aliphatic heterocycles. The van der Waals surface area contributed by atoms with Crippen LogP contribution < -0.4 is 0 Å². The van der Waals surface area contributed by atoms with Crippen LogP contribution in [0.4, 0.5) is 17.6 Å². The predicted molar refractivity (Wildman–Crippen MR) is 121 cm³/mol. The Morgan fingerprint density at radius 2 is 1.42 bits per heavy atom. The monoisotopic (exact) mass is 451 g/mol. The molecule has 1 aliphatic rings. The second-order valence-corrected chi connectivity index (χ2v) is 9.05. The molecule has 1 fully saturated rings. The summed E-state index contributed by atoms with van der Waals surface area (Å²) >= 11 is 0. The van der Waals surface area contributed by atoms with Gasteiger partial charge in [0.05, 0.1) is 5.56 Å². The van der Waals surface area contributed by atoms with Crippen molar-refractivity contribution in [2.75, 3.05) is 0 Å². The third kappa shape index (κ3) is 4.95. The number of nitriles is 1. The largest absolute Gasteiger partial charge is 0.206 e. The lowest BCUT2D eigenvalue weighted by atomic mass is 9.75. The van der Waals surface area contributed by atoms with Gasteiger partial charge in [0.25, 0.3) is 0 Å². The Bertz CT molecular complexity index is 1130. The van der Waals surface area contributed by atoms with Crippen LogP contribution >= 0.6 is 0 Å². The van der Waals surface area contributed by atoms with Crippen molar-refractivity contribution < 1.29 is 17.6 Å². The van der Waals surface area contributed by atoms with E-state index in [2.05, 4.69) is 31.2 Å². The zero-order chi connectivity index (χ0) is 23.5. The van der Waals surface area contributed by atoms with Crippen molar-refractivity contribution in [1.29, 1.82) is 5.26 Å². The van der Waals surface area contributed by atoms with Gasteiger partial charge < -0.3 is 0 Å². The molecule has 1 aliphatic carbocycles. The van der Waals surface area contributed by atoms with Gasteiger partial charge in [-0.1, -0.05) is 37.3 Å². The van der Waals surface area contributed by atoms with Crippen molar-refractivity contribution in [1.82, 2.24) is 0 Å². The molecular formula is C28H25F4N. The topological polar surface area (TPSA) is 23.8 Å². The first kappa shape index (κ1) is 23.0. The van der Waals surface area contributed by atoms with Gasteiger partial charge in [0.2, 0.25) is 0 Å². The van der Waals surface area contributed by atoms with Gasteiger partial charge in [0.15, 0.2) is 0 Å². The summed E-state index contributed by atoms with van der Waals surface area (Å²) < 4.78 is 57.7. The fourth-order valence-electron chi connectivity index (χ4n) is 5.08. The van der Waals surface area contributed by atoms with Crippen LogP contribution in [0.5, 0.6) is 0 Å². The van der Waals surface area contributed by atoms with Crippen LogP contribution in [0.2, 0.25) is 0 Å². The number of rotatable bonds is 5. The predicted octanol–water partition coefficient (Wildman–Crippen LogP) is 8.25. The summed E-state index contributed by atoms with van der Waals surface area (Å²) in [4.78, 5) is 0. The second-order valence-electron chi connectivity index (χ2n) is 9.05. The molecule has 5 heteroatoms. The van der Waals surface area contributed by atoms with Gasteiger partial charge in [-0.05, 0) is 90.8 Å². The minimum atomic E-state index is -1.14. The Hall–Kier alpha value is -3.13. The molecule has 1 saturated carbocycles. The zero-order valence-corrected chi connectivity index (χ0v) is 18.4. The zero-order valence-electron chi connectivity index (χ0n) is 18.4. The van der Waals surface area contributed by atoms with Gasteiger partial charge in [0, 0.05) is 0 Å². The lowest BCUT2D eigenvalue weighted by molar-refractivity contribution is 0.296. The quantitative estimate of drug-likeness (QED) is 0.358. The molecular weight excluding hydrogens is 426 g/mol. The molecule has 1 nitrogen and oxygen atoms in total. The normalized spacial score (nSPS) is 19.2. The summed E-state index contributed by atoms with van der Waals surface area (Å²) in [6.07, 6.45) is 4.79. The molecule has 0 aromatic heterocycles. The van der Waals surface area contributed by atoms with E-state index in [1.54, 1.807) is 0 Å². The first-order valence-electron chi connectivity index (χ1n) is 11.3. The Kier molecular flexibility index (Phi) is 6.83. The van der Waals surface area contributed by atoms with E-state index in [4.69, 9.17) is 5.26 Å². The summed E-state index contributed by atoms with van der Waals surface area (Å²) in [5.74, 6) is -2.88. The highest BCUT2D eigenvalue weighted by atomic mass is 19.1. The average Bonchev–Trinajstić information content (AvgIpc) is 2.79. The van der Waals surface area contributed by atoms with Crippen LogP contribution in [0.1, 0.15) is 67.6 Å². The van der Waals surface area contributed by atoms with Gasteiger partial charge in [-0.25, -0.2) is 17.6 Å². The van der Waals surface area contributed by atoms with Gasteiger partial charge in [-0.2, -0.15) is 5.26 Å². The van der Waals surface area contributed by atoms with Gasteiger partial charge in [0.1, 0.15) is 34.9 Å². The number of hydrogen-bond acceptors (Lipinski definition) is 1. The smallest absolute Gasteiger partial charge is 0.144 e. The first-order chi connectivity index (χ1) is 15.9. The summed E-state index contributed by atoms with van der Waals surface area (Å²) in [6, 6.07) is 16.0. The van der Waals surface area contributed by atoms with Crippen molar-refractivity contribution in [3.05, 3.63) is 94.6 Å². The summed E-state index contributed by atoms with van der Waals surface area (Å²) in [6.45, 7) is 2.24. The minimum Gasteiger partial charge on any atom is -0.206 e. The molecule has 3 aromatic rings. The molecule has 0 unspecified atom stereocenters. The molecule has 33 heavy (non-hydrogen) atoms. The molecule has 3 aromatic carbocycles. The number of benzene rings is 3. The van der Waals surface area contributed by atoms with E-state index < -0.39 is 34.4 Å². The highest BCUT2D eigenvalue weighted by Crippen LogP contribution is 2.41. The number of halogens is 4. The lowest BCUT2D eigenvalue weighted by Crippen LogP contribution is -2.15. The standard InChI is InChI=1S/C28H25F4N/c1-17(19-5-3-2-4-6-19)11-18-7-9-20(10-8-18)21-12-26(31)28(27(32)13-21)22-14-24(29)23(16-33)25(30)15-22/h2-6,12-15,17-18,20H,7-11H2,1H3/t17-,18?,20?/m1/s1. The molecule has 0 radical (unpaired) electrons. The molecule has 0 spiro atoms. The van der Waals surface area contributed by atoms with Crippen molar-refractivity contribution in [3.8, 4) is 17.2 Å². The van der Waals surface area contributed by atoms with E-state index in [-0.39, 0.29) is 11.5 Å². The fraction of sp³-hybridized carbons (Fsp3) is 0.321. The molecule has 0 N–H and O–H groups in total. The third-order valence-corrected chi connectivity index (χ3v) is 6.88. The van der Waals surface area contributed by atoms with Crippen LogP contribution in [0.3, 0.4) is 0 Å². The average molecular weight is 452 g/mol. The Balaban J connectivity index is 1.47. The lowest BCUT2D eigenvalue weighted by Gasteiger charge is -2.30. The highest BCUT2D eigenvalue weighted by molar-refractivity contribution is 5.66. The Morgan fingerprint density at radius 3 is 1.97 bits per heavy atom. The second kappa shape index (κ2) is 9.79. The van der Waals surface area contributed by atoms with E-state index in [1.165, 1.54) is 23.8 Å². The molecule has 170 valence electrons. The number of nitrogens with zero attached hydrogens (tertiary/aromatic N) is 1. The molecule has 0 heterocycles. The first-order valence-corrected chi connectivity index (χ1v) is 11.3. The maximum atomic E-state index is 14.9. The highest BCUT2D eigenvalue weighted by Gasteiger charge is 2.26. The fourth-order valence-corrected chi connectivity index (χ4v) is 5.08. The Morgan fingerprint density at radius 1 is 0.848 bits per heavy atom.